The van der Waals surface area contributed by atoms with E-state index in [1.54, 1.807) is 6.07 Å². The zero-order valence-corrected chi connectivity index (χ0v) is 11.6. The number of rotatable bonds is 6. The van der Waals surface area contributed by atoms with Gasteiger partial charge in [0, 0.05) is 22.5 Å². The fourth-order valence-corrected chi connectivity index (χ4v) is 2.47. The monoisotopic (exact) mass is 297 g/mol. The highest BCUT2D eigenvalue weighted by molar-refractivity contribution is 9.10. The highest BCUT2D eigenvalue weighted by atomic mass is 79.9. The summed E-state index contributed by atoms with van der Waals surface area (Å²) in [6.07, 6.45) is 7.71. The van der Waals surface area contributed by atoms with Crippen molar-refractivity contribution < 1.29 is 4.39 Å². The Morgan fingerprint density at radius 3 is 2.88 bits per heavy atom. The molecule has 0 spiro atoms. The first-order valence-corrected chi connectivity index (χ1v) is 6.60. The molecule has 3 heteroatoms. The van der Waals surface area contributed by atoms with Crippen LogP contribution >= 0.6 is 15.9 Å². The molecule has 0 bridgehead atoms. The molecule has 0 saturated heterocycles. The summed E-state index contributed by atoms with van der Waals surface area (Å²) >= 11 is 3.41. The van der Waals surface area contributed by atoms with E-state index < -0.39 is 0 Å². The van der Waals surface area contributed by atoms with Gasteiger partial charge in [-0.05, 0) is 31.5 Å². The minimum atomic E-state index is -0.175. The van der Waals surface area contributed by atoms with Crippen LogP contribution in [0.15, 0.2) is 22.7 Å². The number of unbranched alkanes of at least 4 members (excludes halogenated alkanes) is 1. The summed E-state index contributed by atoms with van der Waals surface area (Å²) in [5.41, 5.74) is 0.700. The third kappa shape index (κ3) is 4.14. The Morgan fingerprint density at radius 1 is 1.53 bits per heavy atom. The Morgan fingerprint density at radius 2 is 2.29 bits per heavy atom. The van der Waals surface area contributed by atoms with Gasteiger partial charge < -0.3 is 5.32 Å². The van der Waals surface area contributed by atoms with Crippen molar-refractivity contribution in [1.29, 1.82) is 0 Å². The second-order valence-electron chi connectivity index (χ2n) is 3.84. The molecule has 0 amide bonds. The first-order chi connectivity index (χ1) is 8.20. The molecule has 1 unspecified atom stereocenters. The smallest absolute Gasteiger partial charge is 0.129 e. The number of terminal acetylenes is 1. The Labute approximate surface area is 111 Å². The van der Waals surface area contributed by atoms with E-state index >= 15 is 0 Å². The predicted molar refractivity (Wildman–Crippen MR) is 73.2 cm³/mol. The van der Waals surface area contributed by atoms with Crippen LogP contribution in [0.3, 0.4) is 0 Å². The third-order valence-electron chi connectivity index (χ3n) is 2.61. The van der Waals surface area contributed by atoms with Crippen molar-refractivity contribution >= 4 is 15.9 Å². The summed E-state index contributed by atoms with van der Waals surface area (Å²) in [5.74, 6) is 2.44. The molecule has 0 aliphatic carbocycles. The van der Waals surface area contributed by atoms with E-state index in [1.807, 2.05) is 13.0 Å². The van der Waals surface area contributed by atoms with Crippen LogP contribution in [0.25, 0.3) is 0 Å². The van der Waals surface area contributed by atoms with Crippen molar-refractivity contribution in [2.24, 2.45) is 0 Å². The van der Waals surface area contributed by atoms with Gasteiger partial charge in [-0.15, -0.1) is 12.3 Å². The molecule has 0 saturated carbocycles. The van der Waals surface area contributed by atoms with Gasteiger partial charge >= 0.3 is 0 Å². The summed E-state index contributed by atoms with van der Waals surface area (Å²) in [6.45, 7) is 2.82. The van der Waals surface area contributed by atoms with E-state index in [-0.39, 0.29) is 11.9 Å². The van der Waals surface area contributed by atoms with Crippen LogP contribution in [0.4, 0.5) is 4.39 Å². The van der Waals surface area contributed by atoms with Crippen molar-refractivity contribution in [3.63, 3.8) is 0 Å². The molecule has 0 aromatic heterocycles. The van der Waals surface area contributed by atoms with E-state index in [0.29, 0.717) is 5.56 Å². The van der Waals surface area contributed by atoms with Crippen molar-refractivity contribution in [3.8, 4) is 12.3 Å². The van der Waals surface area contributed by atoms with Crippen LogP contribution in [-0.4, -0.2) is 6.54 Å². The Balaban J connectivity index is 2.85. The fourth-order valence-electron chi connectivity index (χ4n) is 1.85. The van der Waals surface area contributed by atoms with Gasteiger partial charge in [0.25, 0.3) is 0 Å². The van der Waals surface area contributed by atoms with E-state index in [9.17, 15) is 4.39 Å². The van der Waals surface area contributed by atoms with Gasteiger partial charge in [-0.2, -0.15) is 0 Å². The molecule has 0 aliphatic heterocycles. The van der Waals surface area contributed by atoms with Crippen LogP contribution in [-0.2, 0) is 0 Å². The average Bonchev–Trinajstić information content (AvgIpc) is 2.29. The summed E-state index contributed by atoms with van der Waals surface area (Å²) < 4.78 is 14.6. The maximum Gasteiger partial charge on any atom is 0.129 e. The van der Waals surface area contributed by atoms with Crippen LogP contribution in [0.2, 0.25) is 0 Å². The van der Waals surface area contributed by atoms with Gasteiger partial charge in [0.15, 0.2) is 0 Å². The number of nitrogens with one attached hydrogen (secondary N) is 1. The molecule has 0 radical (unpaired) electrons. The Kier molecular flexibility index (Phi) is 6.25. The third-order valence-corrected chi connectivity index (χ3v) is 3.30. The highest BCUT2D eigenvalue weighted by Gasteiger charge is 2.17. The van der Waals surface area contributed by atoms with Crippen molar-refractivity contribution in [2.75, 3.05) is 6.54 Å². The van der Waals surface area contributed by atoms with Gasteiger partial charge in [-0.1, -0.05) is 28.9 Å². The Bertz CT molecular complexity index is 377. The van der Waals surface area contributed by atoms with Gasteiger partial charge in [0.2, 0.25) is 0 Å². The maximum absolute atomic E-state index is 13.8. The fraction of sp³-hybridized carbons (Fsp3) is 0.429. The van der Waals surface area contributed by atoms with Gasteiger partial charge in [0.05, 0.1) is 0 Å². The molecule has 0 fully saturated rings. The van der Waals surface area contributed by atoms with Crippen molar-refractivity contribution in [3.05, 3.63) is 34.1 Å². The summed E-state index contributed by atoms with van der Waals surface area (Å²) in [5, 5.41) is 3.30. The van der Waals surface area contributed by atoms with Crippen LogP contribution in [0.1, 0.15) is 37.8 Å². The Hall–Kier alpha value is -0.850. The molecule has 1 nitrogen and oxygen atoms in total. The lowest BCUT2D eigenvalue weighted by atomic mass is 10.0. The van der Waals surface area contributed by atoms with Crippen molar-refractivity contribution in [1.82, 2.24) is 5.32 Å². The molecule has 0 heterocycles. The topological polar surface area (TPSA) is 12.0 Å². The standard InChI is InChI=1S/C14H17BrFN/c1-3-5-6-10-13(17-4-2)14-11(15)8-7-9-12(14)16/h1,7-9,13,17H,4-6,10H2,2H3. The first kappa shape index (κ1) is 14.2. The molecule has 1 N–H and O–H groups in total. The lowest BCUT2D eigenvalue weighted by Gasteiger charge is -2.20. The van der Waals surface area contributed by atoms with Crippen LogP contribution in [0, 0.1) is 18.2 Å². The van der Waals surface area contributed by atoms with Crippen molar-refractivity contribution in [2.45, 2.75) is 32.2 Å². The maximum atomic E-state index is 13.8. The molecule has 17 heavy (non-hydrogen) atoms. The molecule has 92 valence electrons. The minimum Gasteiger partial charge on any atom is -0.310 e. The van der Waals surface area contributed by atoms with Gasteiger partial charge in [-0.25, -0.2) is 4.39 Å². The van der Waals surface area contributed by atoms with Crippen LogP contribution in [0.5, 0.6) is 0 Å². The predicted octanol–water partition coefficient (Wildman–Crippen LogP) is 4.04. The largest absolute Gasteiger partial charge is 0.310 e. The van der Waals surface area contributed by atoms with E-state index in [1.165, 1.54) is 6.07 Å². The second kappa shape index (κ2) is 7.47. The molecule has 1 rings (SSSR count). The number of halogens is 2. The molecule has 1 aromatic carbocycles. The summed E-state index contributed by atoms with van der Waals surface area (Å²) in [7, 11) is 0. The molecule has 0 aliphatic rings. The van der Waals surface area contributed by atoms with Gasteiger partial charge in [0.1, 0.15) is 5.82 Å². The average molecular weight is 298 g/mol. The van der Waals surface area contributed by atoms with Crippen LogP contribution < -0.4 is 5.32 Å². The molecular weight excluding hydrogens is 281 g/mol. The number of hydrogen-bond acceptors (Lipinski definition) is 1. The highest BCUT2D eigenvalue weighted by Crippen LogP contribution is 2.29. The molecule has 1 atom stereocenters. The summed E-state index contributed by atoms with van der Waals surface area (Å²) in [4.78, 5) is 0. The van der Waals surface area contributed by atoms with E-state index in [2.05, 4.69) is 27.2 Å². The van der Waals surface area contributed by atoms with E-state index in [4.69, 9.17) is 6.42 Å². The first-order valence-electron chi connectivity index (χ1n) is 5.81. The lowest BCUT2D eigenvalue weighted by molar-refractivity contribution is 0.473. The molecular formula is C14H17BrFN. The quantitative estimate of drug-likeness (QED) is 0.617. The minimum absolute atomic E-state index is 0.0175. The van der Waals surface area contributed by atoms with Gasteiger partial charge in [-0.3, -0.25) is 0 Å². The van der Waals surface area contributed by atoms with E-state index in [0.717, 1.165) is 30.3 Å². The molecule has 1 aromatic rings. The zero-order chi connectivity index (χ0) is 12.7. The SMILES string of the molecule is C#CCCCC(NCC)c1c(F)cccc1Br. The lowest BCUT2D eigenvalue weighted by Crippen LogP contribution is -2.22. The normalized spacial score (nSPS) is 12.1. The second-order valence-corrected chi connectivity index (χ2v) is 4.70. The number of hydrogen-bond donors (Lipinski definition) is 1. The zero-order valence-electron chi connectivity index (χ0n) is 9.97. The number of benzene rings is 1. The summed E-state index contributed by atoms with van der Waals surface area (Å²) in [6, 6.07) is 5.08.